The second-order valence-electron chi connectivity index (χ2n) is 7.36. The lowest BCUT2D eigenvalue weighted by molar-refractivity contribution is -0.120. The van der Waals surface area contributed by atoms with Crippen molar-refractivity contribution in [3.05, 3.63) is 54.9 Å². The van der Waals surface area contributed by atoms with Crippen molar-refractivity contribution < 1.29 is 13.2 Å². The fraction of sp³-hybridized carbons (Fsp3) is 0.300. The van der Waals surface area contributed by atoms with Gasteiger partial charge in [0.25, 0.3) is 0 Å². The van der Waals surface area contributed by atoms with Crippen LogP contribution in [0.2, 0.25) is 0 Å². The largest absolute Gasteiger partial charge is 0.339 e. The SMILES string of the molecule is CS(=O)(=O)N1CCC(C(=O)Nc2ccc(Nc3ccc(-n4cccn4)nn3)cc2)CC1. The van der Waals surface area contributed by atoms with E-state index in [-0.39, 0.29) is 11.8 Å². The number of hydrogen-bond acceptors (Lipinski definition) is 7. The summed E-state index contributed by atoms with van der Waals surface area (Å²) in [7, 11) is -3.20. The number of aromatic nitrogens is 4. The molecule has 1 aliphatic heterocycles. The summed E-state index contributed by atoms with van der Waals surface area (Å²) >= 11 is 0. The maximum Gasteiger partial charge on any atom is 0.227 e. The van der Waals surface area contributed by atoms with Gasteiger partial charge in [0.15, 0.2) is 11.6 Å². The highest BCUT2D eigenvalue weighted by molar-refractivity contribution is 7.88. The molecule has 0 unspecified atom stereocenters. The Bertz CT molecular complexity index is 1120. The first kappa shape index (κ1) is 20.9. The Morgan fingerprint density at radius 1 is 1.03 bits per heavy atom. The van der Waals surface area contributed by atoms with Gasteiger partial charge in [0.05, 0.1) is 6.26 Å². The standard InChI is InChI=1S/C20H23N7O3S/c1-31(29,30)26-13-9-15(10-14-26)20(28)23-17-5-3-16(4-6-17)22-18-7-8-19(25-24-18)27-12-2-11-21-27/h2-8,11-12,15H,9-10,13-14H2,1H3,(H,22,24)(H,23,28). The van der Waals surface area contributed by atoms with E-state index in [2.05, 4.69) is 25.9 Å². The molecular weight excluding hydrogens is 418 g/mol. The maximum absolute atomic E-state index is 12.5. The van der Waals surface area contributed by atoms with Crippen LogP contribution < -0.4 is 10.6 Å². The van der Waals surface area contributed by atoms with Crippen molar-refractivity contribution in [3.63, 3.8) is 0 Å². The average molecular weight is 442 g/mol. The number of sulfonamides is 1. The van der Waals surface area contributed by atoms with Crippen molar-refractivity contribution in [2.45, 2.75) is 12.8 Å². The number of anilines is 3. The Balaban J connectivity index is 1.31. The van der Waals surface area contributed by atoms with E-state index in [0.717, 1.165) is 5.69 Å². The zero-order valence-electron chi connectivity index (χ0n) is 17.0. The molecule has 0 radical (unpaired) electrons. The monoisotopic (exact) mass is 441 g/mol. The normalized spacial score (nSPS) is 15.5. The molecule has 1 aromatic carbocycles. The maximum atomic E-state index is 12.5. The van der Waals surface area contributed by atoms with Gasteiger partial charge in [0, 0.05) is 42.8 Å². The summed E-state index contributed by atoms with van der Waals surface area (Å²) in [5, 5.41) is 18.5. The molecule has 1 fully saturated rings. The molecule has 2 aromatic heterocycles. The number of amides is 1. The third-order valence-corrected chi connectivity index (χ3v) is 6.41. The Kier molecular flexibility index (Phi) is 5.96. The molecule has 0 saturated carbocycles. The summed E-state index contributed by atoms with van der Waals surface area (Å²) in [4.78, 5) is 12.5. The van der Waals surface area contributed by atoms with E-state index in [4.69, 9.17) is 0 Å². The number of nitrogens with zero attached hydrogens (tertiary/aromatic N) is 5. The zero-order valence-corrected chi connectivity index (χ0v) is 17.8. The van der Waals surface area contributed by atoms with E-state index in [1.807, 2.05) is 30.3 Å². The smallest absolute Gasteiger partial charge is 0.227 e. The predicted octanol–water partition coefficient (Wildman–Crippen LogP) is 2.02. The van der Waals surface area contributed by atoms with Gasteiger partial charge in [-0.25, -0.2) is 17.4 Å². The third-order valence-electron chi connectivity index (χ3n) is 5.11. The molecule has 0 aliphatic carbocycles. The van der Waals surface area contributed by atoms with Gasteiger partial charge in [-0.15, -0.1) is 10.2 Å². The molecule has 10 nitrogen and oxygen atoms in total. The molecule has 1 amide bonds. The molecular formula is C20H23N7O3S. The summed E-state index contributed by atoms with van der Waals surface area (Å²) in [6, 6.07) is 12.7. The molecule has 1 aliphatic rings. The molecule has 0 spiro atoms. The van der Waals surface area contributed by atoms with Gasteiger partial charge in [-0.2, -0.15) is 5.10 Å². The summed E-state index contributed by atoms with van der Waals surface area (Å²) in [6.07, 6.45) is 5.70. The first-order valence-corrected chi connectivity index (χ1v) is 11.7. The van der Waals surface area contributed by atoms with E-state index < -0.39 is 10.0 Å². The Morgan fingerprint density at radius 3 is 2.32 bits per heavy atom. The van der Waals surface area contributed by atoms with E-state index >= 15 is 0 Å². The van der Waals surface area contributed by atoms with Gasteiger partial charge in [-0.05, 0) is 55.3 Å². The second kappa shape index (κ2) is 8.82. The summed E-state index contributed by atoms with van der Waals surface area (Å²) < 4.78 is 26.2. The van der Waals surface area contributed by atoms with Gasteiger partial charge in [0.1, 0.15) is 0 Å². The van der Waals surface area contributed by atoms with Gasteiger partial charge >= 0.3 is 0 Å². The van der Waals surface area contributed by atoms with Crippen LogP contribution in [-0.2, 0) is 14.8 Å². The Labute approximate surface area is 180 Å². The highest BCUT2D eigenvalue weighted by Crippen LogP contribution is 2.22. The first-order chi connectivity index (χ1) is 14.9. The van der Waals surface area contributed by atoms with Crippen LogP contribution in [0, 0.1) is 5.92 Å². The van der Waals surface area contributed by atoms with Crippen molar-refractivity contribution in [3.8, 4) is 5.82 Å². The minimum atomic E-state index is -3.20. The molecule has 31 heavy (non-hydrogen) atoms. The van der Waals surface area contributed by atoms with Crippen molar-refractivity contribution >= 4 is 33.1 Å². The van der Waals surface area contributed by atoms with Gasteiger partial charge in [0.2, 0.25) is 15.9 Å². The first-order valence-electron chi connectivity index (χ1n) is 9.85. The highest BCUT2D eigenvalue weighted by atomic mass is 32.2. The van der Waals surface area contributed by atoms with Crippen LogP contribution >= 0.6 is 0 Å². The number of hydrogen-bond donors (Lipinski definition) is 2. The fourth-order valence-electron chi connectivity index (χ4n) is 3.40. The molecule has 2 N–H and O–H groups in total. The lowest BCUT2D eigenvalue weighted by Gasteiger charge is -2.29. The zero-order chi connectivity index (χ0) is 21.8. The number of piperidine rings is 1. The number of carbonyl (C=O) groups is 1. The molecule has 4 rings (SSSR count). The lowest BCUT2D eigenvalue weighted by atomic mass is 9.97. The van der Waals surface area contributed by atoms with Crippen LogP contribution in [0.25, 0.3) is 5.82 Å². The molecule has 1 saturated heterocycles. The lowest BCUT2D eigenvalue weighted by Crippen LogP contribution is -2.40. The fourth-order valence-corrected chi connectivity index (χ4v) is 4.27. The van der Waals surface area contributed by atoms with E-state index in [9.17, 15) is 13.2 Å². The van der Waals surface area contributed by atoms with E-state index in [0.29, 0.717) is 43.3 Å². The molecule has 0 atom stereocenters. The minimum Gasteiger partial charge on any atom is -0.339 e. The second-order valence-corrected chi connectivity index (χ2v) is 9.34. The van der Waals surface area contributed by atoms with Gasteiger partial charge in [-0.1, -0.05) is 0 Å². The van der Waals surface area contributed by atoms with Crippen molar-refractivity contribution in [1.82, 2.24) is 24.3 Å². The van der Waals surface area contributed by atoms with Gasteiger partial charge < -0.3 is 10.6 Å². The molecule has 3 aromatic rings. The number of carbonyl (C=O) groups excluding carboxylic acids is 1. The van der Waals surface area contributed by atoms with Crippen LogP contribution in [0.5, 0.6) is 0 Å². The highest BCUT2D eigenvalue weighted by Gasteiger charge is 2.28. The molecule has 162 valence electrons. The summed E-state index contributed by atoms with van der Waals surface area (Å²) in [5.41, 5.74) is 1.49. The summed E-state index contributed by atoms with van der Waals surface area (Å²) in [6.45, 7) is 0.750. The van der Waals surface area contributed by atoms with Crippen LogP contribution in [-0.4, -0.2) is 58.0 Å². The topological polar surface area (TPSA) is 122 Å². The van der Waals surface area contributed by atoms with Crippen molar-refractivity contribution in [2.75, 3.05) is 30.0 Å². The molecule has 0 bridgehead atoms. The average Bonchev–Trinajstić information content (AvgIpc) is 3.30. The van der Waals surface area contributed by atoms with Crippen LogP contribution in [0.4, 0.5) is 17.2 Å². The summed E-state index contributed by atoms with van der Waals surface area (Å²) in [5.74, 6) is 0.926. The Hall–Kier alpha value is -3.31. The van der Waals surface area contributed by atoms with Crippen LogP contribution in [0.3, 0.4) is 0 Å². The minimum absolute atomic E-state index is 0.0889. The van der Waals surface area contributed by atoms with Crippen LogP contribution in [0.1, 0.15) is 12.8 Å². The molecule has 3 heterocycles. The number of benzene rings is 1. The van der Waals surface area contributed by atoms with Crippen molar-refractivity contribution in [1.29, 1.82) is 0 Å². The van der Waals surface area contributed by atoms with E-state index in [1.54, 1.807) is 29.2 Å². The van der Waals surface area contributed by atoms with Gasteiger partial charge in [-0.3, -0.25) is 4.79 Å². The quantitative estimate of drug-likeness (QED) is 0.600. The number of rotatable bonds is 6. The van der Waals surface area contributed by atoms with E-state index in [1.165, 1.54) is 10.6 Å². The number of nitrogens with one attached hydrogen (secondary N) is 2. The predicted molar refractivity (Wildman–Crippen MR) is 117 cm³/mol. The van der Waals surface area contributed by atoms with Crippen LogP contribution in [0.15, 0.2) is 54.9 Å². The Morgan fingerprint density at radius 2 is 1.74 bits per heavy atom. The third kappa shape index (κ3) is 5.25. The van der Waals surface area contributed by atoms with Crippen molar-refractivity contribution in [2.24, 2.45) is 5.92 Å². The molecule has 11 heteroatoms.